The van der Waals surface area contributed by atoms with Gasteiger partial charge in [0.25, 0.3) is 0 Å². The predicted molar refractivity (Wildman–Crippen MR) is 118 cm³/mol. The van der Waals surface area contributed by atoms with Gasteiger partial charge in [0.2, 0.25) is 5.91 Å². The van der Waals surface area contributed by atoms with Crippen LogP contribution in [0.2, 0.25) is 0 Å². The fourth-order valence-electron chi connectivity index (χ4n) is 4.24. The number of rotatable bonds is 3. The lowest BCUT2D eigenvalue weighted by Crippen LogP contribution is -2.42. The van der Waals surface area contributed by atoms with E-state index >= 15 is 0 Å². The standard InChI is InChI=1S/C23H19IN2O2/c24-16-10-12-17(13-11-16)25-23(27)22-21-19-9-5-4-6-15(19)14-20(21)28-26(22)18-7-2-1-3-8-18/h1-13,20-22H,14H2,(H,25,27). The van der Waals surface area contributed by atoms with E-state index in [2.05, 4.69) is 46.1 Å². The SMILES string of the molecule is O=C(Nc1ccc(I)cc1)C1C2c3ccccc3CC2ON1c1ccccc1. The summed E-state index contributed by atoms with van der Waals surface area (Å²) in [5.74, 6) is -0.0329. The number of nitrogens with zero attached hydrogens (tertiary/aromatic N) is 1. The van der Waals surface area contributed by atoms with Crippen LogP contribution in [0.4, 0.5) is 11.4 Å². The molecule has 1 heterocycles. The van der Waals surface area contributed by atoms with Crippen LogP contribution in [0.3, 0.4) is 0 Å². The van der Waals surface area contributed by atoms with Crippen LogP contribution >= 0.6 is 22.6 Å². The highest BCUT2D eigenvalue weighted by Gasteiger charge is 2.52. The Balaban J connectivity index is 1.51. The molecule has 1 fully saturated rings. The number of hydrogen-bond donors (Lipinski definition) is 1. The lowest BCUT2D eigenvalue weighted by atomic mass is 9.91. The van der Waals surface area contributed by atoms with Crippen molar-refractivity contribution >= 4 is 39.9 Å². The molecule has 0 aromatic heterocycles. The summed E-state index contributed by atoms with van der Waals surface area (Å²) >= 11 is 2.26. The number of anilines is 2. The van der Waals surface area contributed by atoms with E-state index in [0.29, 0.717) is 0 Å². The van der Waals surface area contributed by atoms with Crippen molar-refractivity contribution < 1.29 is 9.63 Å². The monoisotopic (exact) mass is 482 g/mol. The summed E-state index contributed by atoms with van der Waals surface area (Å²) in [7, 11) is 0. The fourth-order valence-corrected chi connectivity index (χ4v) is 4.60. The van der Waals surface area contributed by atoms with Gasteiger partial charge in [-0.05, 0) is 70.1 Å². The Bertz CT molecular complexity index is 1010. The maximum atomic E-state index is 13.4. The minimum absolute atomic E-state index is 0.0141. The van der Waals surface area contributed by atoms with E-state index < -0.39 is 6.04 Å². The van der Waals surface area contributed by atoms with Crippen molar-refractivity contribution in [2.24, 2.45) is 0 Å². The molecule has 3 unspecified atom stereocenters. The largest absolute Gasteiger partial charge is 0.324 e. The molecule has 2 aliphatic rings. The van der Waals surface area contributed by atoms with Crippen molar-refractivity contribution in [1.82, 2.24) is 0 Å². The van der Waals surface area contributed by atoms with Gasteiger partial charge < -0.3 is 5.32 Å². The molecule has 28 heavy (non-hydrogen) atoms. The molecule has 4 nitrogen and oxygen atoms in total. The van der Waals surface area contributed by atoms with Crippen molar-refractivity contribution in [1.29, 1.82) is 0 Å². The third-order valence-corrected chi connectivity index (χ3v) is 6.19. The third-order valence-electron chi connectivity index (χ3n) is 5.47. The van der Waals surface area contributed by atoms with E-state index in [0.717, 1.165) is 21.4 Å². The Hall–Kier alpha value is -2.38. The molecule has 3 aromatic rings. The average Bonchev–Trinajstić information content (AvgIpc) is 3.26. The average molecular weight is 482 g/mol. The number of carbonyl (C=O) groups is 1. The first-order valence-electron chi connectivity index (χ1n) is 9.36. The second kappa shape index (κ2) is 7.22. The molecule has 1 amide bonds. The van der Waals surface area contributed by atoms with Gasteiger partial charge >= 0.3 is 0 Å². The molecule has 3 aromatic carbocycles. The highest BCUT2D eigenvalue weighted by Crippen LogP contribution is 2.46. The van der Waals surface area contributed by atoms with E-state index in [4.69, 9.17) is 4.84 Å². The summed E-state index contributed by atoms with van der Waals surface area (Å²) < 4.78 is 1.13. The van der Waals surface area contributed by atoms with Gasteiger partial charge in [-0.3, -0.25) is 9.63 Å². The summed E-state index contributed by atoms with van der Waals surface area (Å²) in [5.41, 5.74) is 4.19. The minimum Gasteiger partial charge on any atom is -0.324 e. The molecule has 3 atom stereocenters. The molecule has 0 radical (unpaired) electrons. The summed E-state index contributed by atoms with van der Waals surface area (Å²) in [6, 6.07) is 25.7. The van der Waals surface area contributed by atoms with Gasteiger partial charge in [0, 0.05) is 21.6 Å². The number of carbonyl (C=O) groups excluding carboxylic acids is 1. The number of fused-ring (bicyclic) bond motifs is 3. The summed E-state index contributed by atoms with van der Waals surface area (Å²) in [6.45, 7) is 0. The van der Waals surface area contributed by atoms with E-state index in [9.17, 15) is 4.79 Å². The van der Waals surface area contributed by atoms with Gasteiger partial charge in [0.15, 0.2) is 0 Å². The smallest absolute Gasteiger partial charge is 0.250 e. The summed E-state index contributed by atoms with van der Waals surface area (Å²) in [6.07, 6.45) is 0.808. The molecule has 1 aliphatic carbocycles. The molecule has 1 N–H and O–H groups in total. The number of nitrogens with one attached hydrogen (secondary N) is 1. The van der Waals surface area contributed by atoms with Gasteiger partial charge in [0.1, 0.15) is 6.04 Å². The molecule has 0 saturated carbocycles. The molecule has 0 spiro atoms. The van der Waals surface area contributed by atoms with Crippen molar-refractivity contribution in [3.63, 3.8) is 0 Å². The third kappa shape index (κ3) is 3.08. The lowest BCUT2D eigenvalue weighted by Gasteiger charge is -2.27. The Labute approximate surface area is 177 Å². The van der Waals surface area contributed by atoms with Crippen molar-refractivity contribution in [2.45, 2.75) is 24.5 Å². The van der Waals surface area contributed by atoms with Crippen LogP contribution in [0, 0.1) is 3.57 Å². The van der Waals surface area contributed by atoms with Crippen LogP contribution in [-0.4, -0.2) is 18.1 Å². The second-order valence-electron chi connectivity index (χ2n) is 7.17. The van der Waals surface area contributed by atoms with E-state index in [1.807, 2.05) is 60.7 Å². The van der Waals surface area contributed by atoms with Crippen LogP contribution in [0.1, 0.15) is 17.0 Å². The number of hydroxylamine groups is 1. The van der Waals surface area contributed by atoms with E-state index in [1.165, 1.54) is 11.1 Å². The number of para-hydroxylation sites is 1. The van der Waals surface area contributed by atoms with Gasteiger partial charge in [-0.25, -0.2) is 5.06 Å². The van der Waals surface area contributed by atoms with Crippen LogP contribution in [0.15, 0.2) is 78.9 Å². The van der Waals surface area contributed by atoms with Gasteiger partial charge in [0.05, 0.1) is 11.8 Å². The number of hydrogen-bond acceptors (Lipinski definition) is 3. The van der Waals surface area contributed by atoms with Crippen molar-refractivity contribution in [3.05, 3.63) is 93.6 Å². The Morgan fingerprint density at radius 2 is 1.68 bits per heavy atom. The highest BCUT2D eigenvalue weighted by molar-refractivity contribution is 14.1. The normalized spacial score (nSPS) is 22.6. The molecule has 1 aliphatic heterocycles. The molecule has 1 saturated heterocycles. The van der Waals surface area contributed by atoms with Crippen LogP contribution in [-0.2, 0) is 16.1 Å². The Kier molecular flexibility index (Phi) is 4.56. The maximum Gasteiger partial charge on any atom is 0.250 e. The Morgan fingerprint density at radius 1 is 0.964 bits per heavy atom. The number of benzene rings is 3. The highest BCUT2D eigenvalue weighted by atomic mass is 127. The quantitative estimate of drug-likeness (QED) is 0.548. The molecule has 5 heteroatoms. The number of amides is 1. The molecule has 140 valence electrons. The molecule has 5 rings (SSSR count). The minimum atomic E-state index is -0.421. The predicted octanol–water partition coefficient (Wildman–Crippen LogP) is 4.76. The van der Waals surface area contributed by atoms with Crippen molar-refractivity contribution in [2.75, 3.05) is 10.4 Å². The summed E-state index contributed by atoms with van der Waals surface area (Å²) in [4.78, 5) is 19.7. The first-order chi connectivity index (χ1) is 13.7. The van der Waals surface area contributed by atoms with Crippen LogP contribution < -0.4 is 10.4 Å². The van der Waals surface area contributed by atoms with E-state index in [1.54, 1.807) is 5.06 Å². The first-order valence-corrected chi connectivity index (χ1v) is 10.4. The summed E-state index contributed by atoms with van der Waals surface area (Å²) in [5, 5.41) is 4.89. The van der Waals surface area contributed by atoms with Gasteiger partial charge in [-0.15, -0.1) is 0 Å². The zero-order valence-electron chi connectivity index (χ0n) is 15.1. The molecule has 0 bridgehead atoms. The van der Waals surface area contributed by atoms with Crippen molar-refractivity contribution in [3.8, 4) is 0 Å². The second-order valence-corrected chi connectivity index (χ2v) is 8.42. The van der Waals surface area contributed by atoms with Crippen LogP contribution in [0.25, 0.3) is 0 Å². The molecular formula is C23H19IN2O2. The lowest BCUT2D eigenvalue weighted by molar-refractivity contribution is -0.118. The first kappa shape index (κ1) is 17.7. The van der Waals surface area contributed by atoms with Crippen LogP contribution in [0.5, 0.6) is 0 Å². The maximum absolute atomic E-state index is 13.4. The zero-order chi connectivity index (χ0) is 19.1. The van der Waals surface area contributed by atoms with Gasteiger partial charge in [-0.2, -0.15) is 0 Å². The zero-order valence-corrected chi connectivity index (χ0v) is 17.2. The van der Waals surface area contributed by atoms with E-state index in [-0.39, 0.29) is 17.9 Å². The Morgan fingerprint density at radius 3 is 2.46 bits per heavy atom. The number of halogens is 1. The topological polar surface area (TPSA) is 41.6 Å². The fraction of sp³-hybridized carbons (Fsp3) is 0.174. The van der Waals surface area contributed by atoms with Gasteiger partial charge in [-0.1, -0.05) is 42.5 Å². The molecular weight excluding hydrogens is 463 g/mol.